The van der Waals surface area contributed by atoms with Gasteiger partial charge in [-0.3, -0.25) is 0 Å². The average Bonchev–Trinajstić information content (AvgIpc) is 2.45. The third-order valence-electron chi connectivity index (χ3n) is 4.13. The Labute approximate surface area is 127 Å². The van der Waals surface area contributed by atoms with Gasteiger partial charge in [0.05, 0.1) is 17.7 Å². The number of aliphatic hydroxyl groups is 1. The van der Waals surface area contributed by atoms with Gasteiger partial charge in [-0.25, -0.2) is 0 Å². The molecule has 0 unspecified atom stereocenters. The Hall–Kier alpha value is -0.780. The molecule has 1 aliphatic carbocycles. The first-order chi connectivity index (χ1) is 9.79. The topological polar surface area (TPSA) is 46.2 Å². The van der Waals surface area contributed by atoms with Crippen LogP contribution in [-0.2, 0) is 6.18 Å². The van der Waals surface area contributed by atoms with Crippen molar-refractivity contribution in [1.82, 2.24) is 0 Å². The van der Waals surface area contributed by atoms with E-state index in [-0.39, 0.29) is 16.5 Å². The zero-order valence-corrected chi connectivity index (χ0v) is 12.3. The van der Waals surface area contributed by atoms with Gasteiger partial charge in [-0.2, -0.15) is 13.2 Å². The van der Waals surface area contributed by atoms with Crippen molar-refractivity contribution in [3.05, 3.63) is 34.3 Å². The van der Waals surface area contributed by atoms with Crippen LogP contribution < -0.4 is 5.73 Å². The van der Waals surface area contributed by atoms with E-state index in [2.05, 4.69) is 0 Å². The highest BCUT2D eigenvalue weighted by atomic mass is 35.5. The van der Waals surface area contributed by atoms with E-state index in [1.54, 1.807) is 0 Å². The fourth-order valence-corrected chi connectivity index (χ4v) is 3.18. The van der Waals surface area contributed by atoms with Gasteiger partial charge < -0.3 is 10.8 Å². The number of nitrogens with two attached hydrogens (primary N) is 1. The van der Waals surface area contributed by atoms with E-state index < -0.39 is 23.9 Å². The first-order valence-corrected chi connectivity index (χ1v) is 7.48. The summed E-state index contributed by atoms with van der Waals surface area (Å²) in [6.45, 7) is 0. The number of benzene rings is 1. The zero-order valence-electron chi connectivity index (χ0n) is 11.5. The van der Waals surface area contributed by atoms with Crippen LogP contribution in [0.15, 0.2) is 18.2 Å². The lowest BCUT2D eigenvalue weighted by Crippen LogP contribution is -2.34. The summed E-state index contributed by atoms with van der Waals surface area (Å²) in [5.74, 6) is 0.0436. The number of hydrogen-bond acceptors (Lipinski definition) is 2. The summed E-state index contributed by atoms with van der Waals surface area (Å²) in [6.07, 6.45) is -0.410. The van der Waals surface area contributed by atoms with Crippen molar-refractivity contribution in [2.75, 3.05) is 0 Å². The Bertz CT molecular complexity index is 486. The van der Waals surface area contributed by atoms with Crippen molar-refractivity contribution in [2.24, 2.45) is 11.7 Å². The molecule has 1 aromatic rings. The molecule has 1 aliphatic rings. The molecule has 0 aromatic heterocycles. The minimum absolute atomic E-state index is 0.0221. The van der Waals surface area contributed by atoms with Crippen LogP contribution in [0.2, 0.25) is 5.02 Å². The summed E-state index contributed by atoms with van der Waals surface area (Å²) in [6, 6.07) is 2.38. The van der Waals surface area contributed by atoms with E-state index in [1.807, 2.05) is 0 Å². The largest absolute Gasteiger partial charge is 0.416 e. The highest BCUT2D eigenvalue weighted by Gasteiger charge is 2.33. The molecule has 0 saturated heterocycles. The Balaban J connectivity index is 2.21. The fourth-order valence-electron chi connectivity index (χ4n) is 2.93. The van der Waals surface area contributed by atoms with Crippen LogP contribution in [0.5, 0.6) is 0 Å². The molecule has 0 heterocycles. The van der Waals surface area contributed by atoms with Gasteiger partial charge in [-0.05, 0) is 42.5 Å². The molecule has 6 heteroatoms. The molecular weight excluding hydrogens is 303 g/mol. The molecule has 1 fully saturated rings. The van der Waals surface area contributed by atoms with E-state index in [9.17, 15) is 18.3 Å². The summed E-state index contributed by atoms with van der Waals surface area (Å²) in [7, 11) is 0. The van der Waals surface area contributed by atoms with Crippen molar-refractivity contribution in [3.8, 4) is 0 Å². The van der Waals surface area contributed by atoms with Crippen LogP contribution in [0.25, 0.3) is 0 Å². The molecule has 118 valence electrons. The van der Waals surface area contributed by atoms with E-state index in [0.29, 0.717) is 0 Å². The smallest absolute Gasteiger partial charge is 0.391 e. The Morgan fingerprint density at radius 1 is 1.14 bits per heavy atom. The number of aliphatic hydroxyl groups excluding tert-OH is 1. The maximum atomic E-state index is 12.8. The van der Waals surface area contributed by atoms with Crippen LogP contribution in [0, 0.1) is 5.92 Å². The molecule has 1 saturated carbocycles. The molecule has 3 N–H and O–H groups in total. The Kier molecular flexibility index (Phi) is 5.17. The number of hydrogen-bond donors (Lipinski definition) is 2. The predicted molar refractivity (Wildman–Crippen MR) is 76.0 cm³/mol. The normalized spacial score (nSPS) is 20.3. The van der Waals surface area contributed by atoms with Gasteiger partial charge in [0, 0.05) is 5.02 Å². The third-order valence-corrected chi connectivity index (χ3v) is 4.35. The van der Waals surface area contributed by atoms with Crippen molar-refractivity contribution in [3.63, 3.8) is 0 Å². The summed E-state index contributed by atoms with van der Waals surface area (Å²) in [4.78, 5) is 0. The first kappa shape index (κ1) is 16.6. The zero-order chi connectivity index (χ0) is 15.6. The van der Waals surface area contributed by atoms with Crippen LogP contribution >= 0.6 is 11.6 Å². The van der Waals surface area contributed by atoms with Gasteiger partial charge in [0.25, 0.3) is 0 Å². The third kappa shape index (κ3) is 4.11. The lowest BCUT2D eigenvalue weighted by molar-refractivity contribution is -0.137. The molecule has 0 radical (unpaired) electrons. The molecule has 21 heavy (non-hydrogen) atoms. The van der Waals surface area contributed by atoms with Gasteiger partial charge in [-0.15, -0.1) is 0 Å². The molecule has 0 amide bonds. The monoisotopic (exact) mass is 321 g/mol. The quantitative estimate of drug-likeness (QED) is 0.872. The molecule has 2 nitrogen and oxygen atoms in total. The number of rotatable bonds is 3. The summed E-state index contributed by atoms with van der Waals surface area (Å²) < 4.78 is 38.4. The highest BCUT2D eigenvalue weighted by Crippen LogP contribution is 2.36. The summed E-state index contributed by atoms with van der Waals surface area (Å²) in [5, 5.41) is 10.3. The second-order valence-corrected chi connectivity index (χ2v) is 6.12. The molecule has 2 rings (SSSR count). The summed E-state index contributed by atoms with van der Waals surface area (Å²) >= 11 is 5.75. The standard InChI is InChI=1S/C15H19ClF3NO/c16-12-7-10(6-11(8-12)15(17,18)19)13(20)14(21)9-4-2-1-3-5-9/h6-9,13-14,21H,1-5,20H2/t13-,14+/m1/s1. The molecule has 1 aromatic carbocycles. The maximum Gasteiger partial charge on any atom is 0.416 e. The van der Waals surface area contributed by atoms with Crippen LogP contribution in [-0.4, -0.2) is 11.2 Å². The predicted octanol–water partition coefficient (Wildman–Crippen LogP) is 4.30. The number of halogens is 4. The lowest BCUT2D eigenvalue weighted by atomic mass is 9.81. The second-order valence-electron chi connectivity index (χ2n) is 5.69. The second kappa shape index (κ2) is 6.55. The Morgan fingerprint density at radius 2 is 1.76 bits per heavy atom. The van der Waals surface area contributed by atoms with Crippen molar-refractivity contribution in [2.45, 2.75) is 50.4 Å². The van der Waals surface area contributed by atoms with E-state index in [4.69, 9.17) is 17.3 Å². The van der Waals surface area contributed by atoms with Crippen molar-refractivity contribution < 1.29 is 18.3 Å². The highest BCUT2D eigenvalue weighted by molar-refractivity contribution is 6.30. The molecule has 0 spiro atoms. The minimum Gasteiger partial charge on any atom is -0.391 e. The maximum absolute atomic E-state index is 12.8. The van der Waals surface area contributed by atoms with E-state index >= 15 is 0 Å². The molecule has 0 aliphatic heterocycles. The van der Waals surface area contributed by atoms with Gasteiger partial charge in [0.1, 0.15) is 0 Å². The van der Waals surface area contributed by atoms with E-state index in [0.717, 1.165) is 44.2 Å². The summed E-state index contributed by atoms with van der Waals surface area (Å²) in [5.41, 5.74) is 5.37. The van der Waals surface area contributed by atoms with Crippen LogP contribution in [0.4, 0.5) is 13.2 Å². The van der Waals surface area contributed by atoms with Gasteiger partial charge in [-0.1, -0.05) is 30.9 Å². The Morgan fingerprint density at radius 3 is 2.33 bits per heavy atom. The van der Waals surface area contributed by atoms with Crippen molar-refractivity contribution >= 4 is 11.6 Å². The van der Waals surface area contributed by atoms with Gasteiger partial charge >= 0.3 is 6.18 Å². The number of alkyl halides is 3. The van der Waals surface area contributed by atoms with Gasteiger partial charge in [0.15, 0.2) is 0 Å². The molecule has 2 atom stereocenters. The van der Waals surface area contributed by atoms with Crippen molar-refractivity contribution in [1.29, 1.82) is 0 Å². The minimum atomic E-state index is -4.48. The lowest BCUT2D eigenvalue weighted by Gasteiger charge is -2.31. The van der Waals surface area contributed by atoms with Crippen LogP contribution in [0.1, 0.15) is 49.3 Å². The average molecular weight is 322 g/mol. The van der Waals surface area contributed by atoms with Crippen LogP contribution in [0.3, 0.4) is 0 Å². The van der Waals surface area contributed by atoms with Gasteiger partial charge in [0.2, 0.25) is 0 Å². The first-order valence-electron chi connectivity index (χ1n) is 7.10. The molecule has 0 bridgehead atoms. The SMILES string of the molecule is N[C@H](c1cc(Cl)cc(C(F)(F)F)c1)[C@@H](O)C1CCCCC1. The fraction of sp³-hybridized carbons (Fsp3) is 0.600. The van der Waals surface area contributed by atoms with E-state index in [1.165, 1.54) is 6.07 Å². The molecular formula is C15H19ClF3NO.